The van der Waals surface area contributed by atoms with Crippen molar-refractivity contribution in [2.24, 2.45) is 0 Å². The molecule has 0 heterocycles. The van der Waals surface area contributed by atoms with E-state index in [0.29, 0.717) is 24.3 Å². The van der Waals surface area contributed by atoms with Gasteiger partial charge in [-0.15, -0.1) is 0 Å². The maximum Gasteiger partial charge on any atom is 2.00 e. The SMILES string of the molecule is O.O.O.O.O.O.O.O.O.O=[N+]([O-])c1cc([N+](=O)[O-])c([O-])c([N+](=O)[O-])c1.O=[N+]([O-])c1cc([N+](=O)[O-])c([O-])c([N+](=O)[O-])c1.[Zn+2]. The minimum atomic E-state index is -1.46. The maximum absolute atomic E-state index is 11.1. The summed E-state index contributed by atoms with van der Waals surface area (Å²) in [5, 5.41) is 84.2. The summed E-state index contributed by atoms with van der Waals surface area (Å²) in [7, 11) is 0. The molecule has 0 spiro atoms. The van der Waals surface area contributed by atoms with Crippen LogP contribution in [0.25, 0.3) is 0 Å². The van der Waals surface area contributed by atoms with Crippen LogP contribution in [0.15, 0.2) is 24.3 Å². The molecule has 0 unspecified atom stereocenters. The molecule has 0 bridgehead atoms. The Hall–Kier alpha value is -5.30. The number of non-ortho nitro benzene ring substituents is 2. The smallest absolute Gasteiger partial charge is 0.863 e. The summed E-state index contributed by atoms with van der Waals surface area (Å²) in [5.74, 6) is -2.92. The van der Waals surface area contributed by atoms with Crippen molar-refractivity contribution < 1.29 is 109 Å². The number of nitro benzene ring substituents is 6. The molecule has 0 amide bonds. The van der Waals surface area contributed by atoms with Gasteiger partial charge in [0, 0.05) is 0 Å². The van der Waals surface area contributed by atoms with Gasteiger partial charge in [-0.25, -0.2) is 0 Å². The predicted molar refractivity (Wildman–Crippen MR) is 124 cm³/mol. The summed E-state index contributed by atoms with van der Waals surface area (Å²) in [6.45, 7) is 0. The summed E-state index contributed by atoms with van der Waals surface area (Å²) in [6.07, 6.45) is 0. The van der Waals surface area contributed by atoms with Crippen molar-refractivity contribution in [1.82, 2.24) is 0 Å². The topological polar surface area (TPSA) is 588 Å². The zero-order valence-corrected chi connectivity index (χ0v) is 22.9. The third-order valence-corrected chi connectivity index (χ3v) is 3.28. The Morgan fingerprint density at radius 2 is 0.500 bits per heavy atom. The molecule has 0 saturated heterocycles. The van der Waals surface area contributed by atoms with Crippen LogP contribution in [0.3, 0.4) is 0 Å². The van der Waals surface area contributed by atoms with E-state index < -0.39 is 75.2 Å². The van der Waals surface area contributed by atoms with E-state index in [1.54, 1.807) is 0 Å². The normalized spacial score (nSPS) is 7.43. The molecule has 0 aliphatic rings. The predicted octanol–water partition coefficient (Wildman–Crippen LogP) is -6.46. The fourth-order valence-electron chi connectivity index (χ4n) is 1.92. The first-order valence-electron chi connectivity index (χ1n) is 7.25. The van der Waals surface area contributed by atoms with Crippen molar-refractivity contribution in [3.63, 3.8) is 0 Å². The van der Waals surface area contributed by atoms with Gasteiger partial charge in [0.25, 0.3) is 34.1 Å². The van der Waals surface area contributed by atoms with Crippen molar-refractivity contribution in [3.05, 3.63) is 85.0 Å². The maximum atomic E-state index is 11.1. The largest absolute Gasteiger partial charge is 2.00 e. The Morgan fingerprint density at radius 3 is 0.595 bits per heavy atom. The number of rotatable bonds is 6. The molecule has 0 saturated carbocycles. The Bertz CT molecular complexity index is 1030. The van der Waals surface area contributed by atoms with Crippen LogP contribution in [0.4, 0.5) is 34.1 Å². The second kappa shape index (κ2) is 26.0. The quantitative estimate of drug-likeness (QED) is 0.155. The van der Waals surface area contributed by atoms with E-state index in [0.717, 1.165) is 0 Å². The molecule has 0 aliphatic heterocycles. The van der Waals surface area contributed by atoms with Crippen LogP contribution in [-0.4, -0.2) is 78.8 Å². The first kappa shape index (κ1) is 65.6. The fourth-order valence-corrected chi connectivity index (χ4v) is 1.92. The molecule has 2 aromatic rings. The standard InChI is InChI=1S/2C6H3N3O7.9H2O.Zn/c2*10-6-4(8(13)14)1-3(7(11)12)2-5(6)9(15)16;;;;;;;;;;/h2*1-2,10H;9*1H2;/q;;;;;;;;;;;+2/p-2. The van der Waals surface area contributed by atoms with Crippen LogP contribution in [0.2, 0.25) is 0 Å². The molecule has 2 aromatic carbocycles. The second-order valence-corrected chi connectivity index (χ2v) is 5.17. The van der Waals surface area contributed by atoms with Crippen LogP contribution in [-0.2, 0) is 19.5 Å². The number of benzene rings is 2. The molecule has 18 N–H and O–H groups in total. The molecule has 0 atom stereocenters. The molecular formula is C12H22N6O23Zn. The number of nitrogens with zero attached hydrogens (tertiary/aromatic N) is 6. The molecule has 0 aromatic heterocycles. The summed E-state index contributed by atoms with van der Waals surface area (Å²) in [4.78, 5) is 55.0. The van der Waals surface area contributed by atoms with Crippen LogP contribution in [0, 0.1) is 60.7 Å². The van der Waals surface area contributed by atoms with Gasteiger partial charge in [-0.2, -0.15) is 0 Å². The van der Waals surface area contributed by atoms with Crippen molar-refractivity contribution >= 4 is 34.1 Å². The van der Waals surface area contributed by atoms with Crippen molar-refractivity contribution in [1.29, 1.82) is 0 Å². The van der Waals surface area contributed by atoms with Crippen LogP contribution in [0.5, 0.6) is 11.5 Å². The Labute approximate surface area is 239 Å². The van der Waals surface area contributed by atoms with E-state index in [1.165, 1.54) is 0 Å². The van der Waals surface area contributed by atoms with Crippen LogP contribution >= 0.6 is 0 Å². The summed E-state index contributed by atoms with van der Waals surface area (Å²) >= 11 is 0. The third-order valence-electron chi connectivity index (χ3n) is 3.28. The third kappa shape index (κ3) is 15.3. The van der Waals surface area contributed by atoms with Gasteiger partial charge in [-0.05, 0) is 0 Å². The zero-order chi connectivity index (χ0) is 24.9. The van der Waals surface area contributed by atoms with Gasteiger partial charge in [0.1, 0.15) is 0 Å². The first-order valence-corrected chi connectivity index (χ1v) is 7.25. The molecular weight excluding hydrogens is 662 g/mol. The van der Waals surface area contributed by atoms with Crippen molar-refractivity contribution in [3.8, 4) is 11.5 Å². The Kier molecular flexibility index (Phi) is 40.5. The molecule has 42 heavy (non-hydrogen) atoms. The molecule has 0 aliphatic carbocycles. The van der Waals surface area contributed by atoms with E-state index >= 15 is 0 Å². The molecule has 0 radical (unpaired) electrons. The zero-order valence-electron chi connectivity index (χ0n) is 19.9. The van der Waals surface area contributed by atoms with Crippen LogP contribution in [0.1, 0.15) is 0 Å². The van der Waals surface area contributed by atoms with E-state index in [4.69, 9.17) is 0 Å². The van der Waals surface area contributed by atoms with E-state index in [-0.39, 0.29) is 68.8 Å². The van der Waals surface area contributed by atoms with E-state index in [2.05, 4.69) is 0 Å². The Morgan fingerprint density at radius 1 is 0.357 bits per heavy atom. The number of nitro groups is 6. The summed E-state index contributed by atoms with van der Waals surface area (Å²) in [6, 6.07) is 1.54. The molecule has 30 heteroatoms. The first-order chi connectivity index (χ1) is 14.7. The second-order valence-electron chi connectivity index (χ2n) is 5.17. The average Bonchev–Trinajstić information content (AvgIpc) is 2.67. The minimum Gasteiger partial charge on any atom is -0.863 e. The monoisotopic (exact) mass is 682 g/mol. The molecule has 2 rings (SSSR count). The number of hydrogen-bond acceptors (Lipinski definition) is 14. The van der Waals surface area contributed by atoms with Crippen LogP contribution < -0.4 is 10.2 Å². The van der Waals surface area contributed by atoms with Gasteiger partial charge in [-0.3, -0.25) is 60.7 Å². The van der Waals surface area contributed by atoms with Gasteiger partial charge in [0.05, 0.1) is 65.3 Å². The molecule has 29 nitrogen and oxygen atoms in total. The van der Waals surface area contributed by atoms with Gasteiger partial charge >= 0.3 is 19.5 Å². The van der Waals surface area contributed by atoms with Gasteiger partial charge in [0.15, 0.2) is 0 Å². The molecule has 240 valence electrons. The number of hydrogen-bond donors (Lipinski definition) is 0. The molecule has 0 fully saturated rings. The van der Waals surface area contributed by atoms with Crippen molar-refractivity contribution in [2.75, 3.05) is 0 Å². The van der Waals surface area contributed by atoms with Gasteiger partial charge in [-0.1, -0.05) is 0 Å². The average molecular weight is 684 g/mol. The minimum absolute atomic E-state index is 0. The van der Waals surface area contributed by atoms with E-state index in [1.807, 2.05) is 0 Å². The van der Waals surface area contributed by atoms with E-state index in [9.17, 15) is 70.9 Å². The van der Waals surface area contributed by atoms with Gasteiger partial charge < -0.3 is 59.5 Å². The fraction of sp³-hybridized carbons (Fsp3) is 0. The van der Waals surface area contributed by atoms with Crippen molar-refractivity contribution in [2.45, 2.75) is 0 Å². The van der Waals surface area contributed by atoms with Gasteiger partial charge in [0.2, 0.25) is 0 Å². The summed E-state index contributed by atoms with van der Waals surface area (Å²) < 4.78 is 0. The summed E-state index contributed by atoms with van der Waals surface area (Å²) in [5.41, 5.74) is -6.53. The Balaban J connectivity index is -0.0000000492.